The van der Waals surface area contributed by atoms with E-state index in [0.29, 0.717) is 30.5 Å². The fraction of sp³-hybridized carbons (Fsp3) is 0.462. The van der Waals surface area contributed by atoms with Crippen molar-refractivity contribution in [2.45, 2.75) is 20.5 Å². The minimum atomic E-state index is -0.225. The van der Waals surface area contributed by atoms with Crippen LogP contribution < -0.4 is 5.32 Å². The number of nitrogens with one attached hydrogen (secondary N) is 1. The summed E-state index contributed by atoms with van der Waals surface area (Å²) in [4.78, 5) is 11.8. The summed E-state index contributed by atoms with van der Waals surface area (Å²) in [5, 5.41) is 11.9. The Kier molecular flexibility index (Phi) is 4.98. The van der Waals surface area contributed by atoms with Crippen LogP contribution in [0.5, 0.6) is 0 Å². The number of aromatic nitrogens is 4. The third-order valence-corrected chi connectivity index (χ3v) is 3.58. The fourth-order valence-electron chi connectivity index (χ4n) is 1.87. The van der Waals surface area contributed by atoms with Crippen molar-refractivity contribution in [3.63, 3.8) is 0 Å². The number of hydrogen-bond acceptors (Lipinski definition) is 4. The Morgan fingerprint density at radius 3 is 2.81 bits per heavy atom. The van der Waals surface area contributed by atoms with Crippen LogP contribution in [0.1, 0.15) is 21.9 Å². The third-order valence-electron chi connectivity index (χ3n) is 3.04. The maximum absolute atomic E-state index is 11.8. The van der Waals surface area contributed by atoms with Crippen molar-refractivity contribution in [3.8, 4) is 0 Å². The molecule has 0 spiro atoms. The van der Waals surface area contributed by atoms with Crippen LogP contribution in [-0.2, 0) is 11.4 Å². The molecule has 7 nitrogen and oxygen atoms in total. The van der Waals surface area contributed by atoms with Gasteiger partial charge in [-0.1, -0.05) is 11.6 Å². The highest BCUT2D eigenvalue weighted by Crippen LogP contribution is 2.18. The first kappa shape index (κ1) is 15.5. The monoisotopic (exact) mass is 311 g/mol. The number of halogens is 1. The molecular formula is C13H18ClN5O2. The highest BCUT2D eigenvalue weighted by molar-refractivity contribution is 6.31. The van der Waals surface area contributed by atoms with Crippen molar-refractivity contribution in [3.05, 3.63) is 34.4 Å². The molecule has 1 amide bonds. The van der Waals surface area contributed by atoms with Crippen molar-refractivity contribution in [2.24, 2.45) is 0 Å². The first-order valence-corrected chi connectivity index (χ1v) is 6.91. The van der Waals surface area contributed by atoms with Gasteiger partial charge < -0.3 is 10.1 Å². The molecule has 0 aliphatic heterocycles. The number of nitrogens with zero attached hydrogens (tertiary/aromatic N) is 4. The molecule has 21 heavy (non-hydrogen) atoms. The number of rotatable bonds is 6. The van der Waals surface area contributed by atoms with Gasteiger partial charge in [-0.05, 0) is 19.9 Å². The molecule has 2 heterocycles. The molecule has 114 valence electrons. The number of amides is 1. The Balaban J connectivity index is 2.03. The zero-order chi connectivity index (χ0) is 15.4. The third kappa shape index (κ3) is 3.62. The van der Waals surface area contributed by atoms with Crippen LogP contribution in [0.15, 0.2) is 12.3 Å². The lowest BCUT2D eigenvalue weighted by atomic mass is 10.4. The van der Waals surface area contributed by atoms with Gasteiger partial charge in [0.25, 0.3) is 5.91 Å². The summed E-state index contributed by atoms with van der Waals surface area (Å²) in [7, 11) is 1.58. The lowest BCUT2D eigenvalue weighted by Crippen LogP contribution is -2.27. The number of hydrogen-bond donors (Lipinski definition) is 1. The summed E-state index contributed by atoms with van der Waals surface area (Å²) in [5.74, 6) is -0.225. The SMILES string of the molecule is COCCNC(=O)c1ccn(Cn2nc(C)c(Cl)c2C)n1. The number of carbonyl (C=O) groups is 1. The van der Waals surface area contributed by atoms with Crippen LogP contribution in [0.4, 0.5) is 0 Å². The van der Waals surface area contributed by atoms with Gasteiger partial charge in [-0.3, -0.25) is 9.48 Å². The Bertz CT molecular complexity index is 635. The molecule has 8 heteroatoms. The Morgan fingerprint density at radius 1 is 1.43 bits per heavy atom. The summed E-state index contributed by atoms with van der Waals surface area (Å²) in [6.07, 6.45) is 1.73. The molecule has 0 bridgehead atoms. The minimum absolute atomic E-state index is 0.225. The largest absolute Gasteiger partial charge is 0.383 e. The van der Waals surface area contributed by atoms with E-state index in [1.165, 1.54) is 0 Å². The molecule has 0 saturated carbocycles. The van der Waals surface area contributed by atoms with Gasteiger partial charge in [0.1, 0.15) is 12.4 Å². The summed E-state index contributed by atoms with van der Waals surface area (Å²) in [5.41, 5.74) is 2.01. The molecule has 0 radical (unpaired) electrons. The highest BCUT2D eigenvalue weighted by atomic mass is 35.5. The van der Waals surface area contributed by atoms with Gasteiger partial charge in [-0.25, -0.2) is 4.68 Å². The standard InChI is InChI=1S/C13H18ClN5O2/c1-9-12(14)10(2)19(16-9)8-18-6-4-11(17-18)13(20)15-5-7-21-3/h4,6H,5,7-8H2,1-3H3,(H,15,20). The van der Waals surface area contributed by atoms with Gasteiger partial charge in [0.05, 0.1) is 23.0 Å². The molecule has 0 aliphatic rings. The second kappa shape index (κ2) is 6.73. The smallest absolute Gasteiger partial charge is 0.271 e. The lowest BCUT2D eigenvalue weighted by Gasteiger charge is -2.05. The van der Waals surface area contributed by atoms with E-state index in [0.717, 1.165) is 11.4 Å². The number of aryl methyl sites for hydroxylation is 1. The van der Waals surface area contributed by atoms with Crippen molar-refractivity contribution < 1.29 is 9.53 Å². The van der Waals surface area contributed by atoms with Crippen molar-refractivity contribution in [1.29, 1.82) is 0 Å². The molecule has 0 saturated heterocycles. The fourth-order valence-corrected chi connectivity index (χ4v) is 2.00. The van der Waals surface area contributed by atoms with E-state index in [2.05, 4.69) is 15.5 Å². The maximum Gasteiger partial charge on any atom is 0.271 e. The molecule has 0 atom stereocenters. The van der Waals surface area contributed by atoms with Crippen LogP contribution >= 0.6 is 11.6 Å². The normalized spacial score (nSPS) is 10.9. The second-order valence-electron chi connectivity index (χ2n) is 4.61. The Morgan fingerprint density at radius 2 is 2.19 bits per heavy atom. The van der Waals surface area contributed by atoms with Gasteiger partial charge in [0.15, 0.2) is 0 Å². The average molecular weight is 312 g/mol. The molecule has 2 aromatic heterocycles. The molecule has 0 unspecified atom stereocenters. The first-order valence-electron chi connectivity index (χ1n) is 6.53. The predicted octanol–water partition coefficient (Wildman–Crippen LogP) is 1.23. The lowest BCUT2D eigenvalue weighted by molar-refractivity contribution is 0.0931. The van der Waals surface area contributed by atoms with E-state index < -0.39 is 0 Å². The average Bonchev–Trinajstić information content (AvgIpc) is 3.01. The molecule has 0 aliphatic carbocycles. The quantitative estimate of drug-likeness (QED) is 0.814. The second-order valence-corrected chi connectivity index (χ2v) is 4.99. The van der Waals surface area contributed by atoms with Crippen molar-refractivity contribution >= 4 is 17.5 Å². The van der Waals surface area contributed by atoms with Crippen LogP contribution in [0.2, 0.25) is 5.02 Å². The van der Waals surface area contributed by atoms with E-state index in [1.807, 2.05) is 13.8 Å². The van der Waals surface area contributed by atoms with Gasteiger partial charge >= 0.3 is 0 Å². The molecule has 2 aromatic rings. The van der Waals surface area contributed by atoms with Crippen LogP contribution in [0, 0.1) is 13.8 Å². The predicted molar refractivity (Wildman–Crippen MR) is 78.5 cm³/mol. The van der Waals surface area contributed by atoms with Crippen molar-refractivity contribution in [2.75, 3.05) is 20.3 Å². The Hall–Kier alpha value is -1.86. The van der Waals surface area contributed by atoms with Gasteiger partial charge in [0.2, 0.25) is 0 Å². The topological polar surface area (TPSA) is 74.0 Å². The van der Waals surface area contributed by atoms with E-state index in [1.54, 1.807) is 28.7 Å². The Labute approximate surface area is 127 Å². The molecule has 0 aromatic carbocycles. The molecule has 1 N–H and O–H groups in total. The van der Waals surface area contributed by atoms with E-state index in [4.69, 9.17) is 16.3 Å². The highest BCUT2D eigenvalue weighted by Gasteiger charge is 2.12. The number of ether oxygens (including phenoxy) is 1. The van der Waals surface area contributed by atoms with Gasteiger partial charge in [-0.15, -0.1) is 0 Å². The minimum Gasteiger partial charge on any atom is -0.383 e. The van der Waals surface area contributed by atoms with Crippen LogP contribution in [0.25, 0.3) is 0 Å². The molecule has 2 rings (SSSR count). The summed E-state index contributed by atoms with van der Waals surface area (Å²) >= 11 is 6.10. The number of methoxy groups -OCH3 is 1. The van der Waals surface area contributed by atoms with E-state index >= 15 is 0 Å². The summed E-state index contributed by atoms with van der Waals surface area (Å²) < 4.78 is 8.26. The van der Waals surface area contributed by atoms with Gasteiger partial charge in [-0.2, -0.15) is 10.2 Å². The zero-order valence-electron chi connectivity index (χ0n) is 12.3. The zero-order valence-corrected chi connectivity index (χ0v) is 13.0. The van der Waals surface area contributed by atoms with E-state index in [-0.39, 0.29) is 5.91 Å². The summed E-state index contributed by atoms with van der Waals surface area (Å²) in [6.45, 7) is 5.07. The van der Waals surface area contributed by atoms with Gasteiger partial charge in [0, 0.05) is 19.9 Å². The number of carbonyl (C=O) groups excluding carboxylic acids is 1. The summed E-state index contributed by atoms with van der Waals surface area (Å²) in [6, 6.07) is 1.66. The van der Waals surface area contributed by atoms with Crippen molar-refractivity contribution in [1.82, 2.24) is 24.9 Å². The maximum atomic E-state index is 11.8. The molecule has 0 fully saturated rings. The van der Waals surface area contributed by atoms with Crippen LogP contribution in [0.3, 0.4) is 0 Å². The van der Waals surface area contributed by atoms with Crippen LogP contribution in [-0.4, -0.2) is 45.7 Å². The van der Waals surface area contributed by atoms with E-state index in [9.17, 15) is 4.79 Å². The first-order chi connectivity index (χ1) is 10.0. The molecular weight excluding hydrogens is 294 g/mol.